The SMILES string of the molecule is C=C(C(=O)O)C(C)C1CCC(N=C=O)CC1. The summed E-state index contributed by atoms with van der Waals surface area (Å²) in [6.07, 6.45) is 5.09. The molecule has 0 aromatic carbocycles. The fourth-order valence-electron chi connectivity index (χ4n) is 2.28. The largest absolute Gasteiger partial charge is 0.478 e. The van der Waals surface area contributed by atoms with E-state index in [2.05, 4.69) is 11.6 Å². The van der Waals surface area contributed by atoms with Crippen LogP contribution in [0.5, 0.6) is 0 Å². The van der Waals surface area contributed by atoms with Crippen molar-refractivity contribution in [1.82, 2.24) is 0 Å². The first-order valence-electron chi connectivity index (χ1n) is 5.55. The minimum Gasteiger partial charge on any atom is -0.478 e. The van der Waals surface area contributed by atoms with E-state index in [-0.39, 0.29) is 17.5 Å². The minimum atomic E-state index is -0.916. The molecule has 1 saturated carbocycles. The lowest BCUT2D eigenvalue weighted by Gasteiger charge is -2.30. The number of isocyanates is 1. The molecule has 1 N–H and O–H groups in total. The van der Waals surface area contributed by atoms with Crippen molar-refractivity contribution < 1.29 is 14.7 Å². The van der Waals surface area contributed by atoms with Crippen LogP contribution in [-0.2, 0) is 9.59 Å². The molecule has 0 saturated heterocycles. The van der Waals surface area contributed by atoms with Crippen molar-refractivity contribution in [3.8, 4) is 0 Å². The first kappa shape index (κ1) is 12.7. The van der Waals surface area contributed by atoms with E-state index < -0.39 is 5.97 Å². The number of aliphatic imine (C=N–C) groups is 1. The smallest absolute Gasteiger partial charge is 0.331 e. The van der Waals surface area contributed by atoms with Crippen LogP contribution < -0.4 is 0 Å². The molecule has 0 heterocycles. The average molecular weight is 223 g/mol. The maximum Gasteiger partial charge on any atom is 0.331 e. The Morgan fingerprint density at radius 1 is 1.44 bits per heavy atom. The van der Waals surface area contributed by atoms with Gasteiger partial charge >= 0.3 is 5.97 Å². The van der Waals surface area contributed by atoms with E-state index in [0.717, 1.165) is 25.7 Å². The molecule has 0 aliphatic heterocycles. The van der Waals surface area contributed by atoms with Crippen LogP contribution in [0.1, 0.15) is 32.6 Å². The van der Waals surface area contributed by atoms with Gasteiger partial charge in [-0.3, -0.25) is 0 Å². The lowest BCUT2D eigenvalue weighted by atomic mass is 9.76. The Morgan fingerprint density at radius 2 is 2.00 bits per heavy atom. The summed E-state index contributed by atoms with van der Waals surface area (Å²) in [4.78, 5) is 24.6. The first-order valence-corrected chi connectivity index (χ1v) is 5.55. The van der Waals surface area contributed by atoms with E-state index in [1.165, 1.54) is 0 Å². The summed E-state index contributed by atoms with van der Waals surface area (Å²) in [5.74, 6) is -0.569. The maximum atomic E-state index is 10.8. The Kier molecular flexibility index (Phi) is 4.44. The maximum absolute atomic E-state index is 10.8. The minimum absolute atomic E-state index is 0.00124. The van der Waals surface area contributed by atoms with Gasteiger partial charge in [0.25, 0.3) is 0 Å². The number of nitrogens with zero attached hydrogens (tertiary/aromatic N) is 1. The molecule has 0 radical (unpaired) electrons. The van der Waals surface area contributed by atoms with Gasteiger partial charge in [-0.25, -0.2) is 14.6 Å². The molecule has 4 heteroatoms. The van der Waals surface area contributed by atoms with Crippen LogP contribution in [0.25, 0.3) is 0 Å². The van der Waals surface area contributed by atoms with Crippen molar-refractivity contribution in [1.29, 1.82) is 0 Å². The topological polar surface area (TPSA) is 66.7 Å². The van der Waals surface area contributed by atoms with Crippen molar-refractivity contribution in [2.24, 2.45) is 16.8 Å². The van der Waals surface area contributed by atoms with Crippen LogP contribution in [0.4, 0.5) is 0 Å². The Labute approximate surface area is 95.1 Å². The van der Waals surface area contributed by atoms with Crippen LogP contribution in [0.2, 0.25) is 0 Å². The van der Waals surface area contributed by atoms with E-state index in [0.29, 0.717) is 5.92 Å². The molecule has 1 rings (SSSR count). The second-order valence-corrected chi connectivity index (χ2v) is 4.41. The molecule has 1 fully saturated rings. The summed E-state index contributed by atoms with van der Waals surface area (Å²) in [6.45, 7) is 5.51. The van der Waals surface area contributed by atoms with Gasteiger partial charge in [0.2, 0.25) is 6.08 Å². The highest BCUT2D eigenvalue weighted by Crippen LogP contribution is 2.34. The van der Waals surface area contributed by atoms with Crippen molar-refractivity contribution in [3.05, 3.63) is 12.2 Å². The zero-order valence-corrected chi connectivity index (χ0v) is 9.48. The third-order valence-corrected chi connectivity index (χ3v) is 3.51. The van der Waals surface area contributed by atoms with Crippen molar-refractivity contribution >= 4 is 12.0 Å². The second-order valence-electron chi connectivity index (χ2n) is 4.41. The predicted octanol–water partition coefficient (Wildman–Crippen LogP) is 2.16. The molecule has 0 spiro atoms. The molecule has 0 aromatic rings. The standard InChI is InChI=1S/C12H17NO3/c1-8(9(2)12(15)16)10-3-5-11(6-4-10)13-7-14/h8,10-11H,2-6H2,1H3,(H,15,16). The molecule has 0 bridgehead atoms. The van der Waals surface area contributed by atoms with E-state index >= 15 is 0 Å². The van der Waals surface area contributed by atoms with Gasteiger partial charge in [-0.2, -0.15) is 0 Å². The van der Waals surface area contributed by atoms with Gasteiger partial charge < -0.3 is 5.11 Å². The molecule has 16 heavy (non-hydrogen) atoms. The highest BCUT2D eigenvalue weighted by atomic mass is 16.4. The molecule has 0 amide bonds. The highest BCUT2D eigenvalue weighted by Gasteiger charge is 2.28. The van der Waals surface area contributed by atoms with Gasteiger partial charge in [-0.15, -0.1) is 0 Å². The van der Waals surface area contributed by atoms with Crippen LogP contribution in [0.3, 0.4) is 0 Å². The molecule has 88 valence electrons. The van der Waals surface area contributed by atoms with Gasteiger partial charge in [-0.1, -0.05) is 13.5 Å². The molecule has 1 atom stereocenters. The van der Waals surface area contributed by atoms with Gasteiger partial charge in [0, 0.05) is 5.57 Å². The van der Waals surface area contributed by atoms with Crippen molar-refractivity contribution in [3.63, 3.8) is 0 Å². The third-order valence-electron chi connectivity index (χ3n) is 3.51. The zero-order chi connectivity index (χ0) is 12.1. The Morgan fingerprint density at radius 3 is 2.44 bits per heavy atom. The molecular weight excluding hydrogens is 206 g/mol. The number of carbonyl (C=O) groups excluding carboxylic acids is 1. The normalized spacial score (nSPS) is 26.6. The summed E-state index contributed by atoms with van der Waals surface area (Å²) >= 11 is 0. The van der Waals surface area contributed by atoms with Crippen LogP contribution in [0.15, 0.2) is 17.1 Å². The quantitative estimate of drug-likeness (QED) is 0.451. The Bertz CT molecular complexity index is 323. The molecule has 0 aromatic heterocycles. The average Bonchev–Trinajstić information content (AvgIpc) is 2.28. The number of hydrogen-bond donors (Lipinski definition) is 1. The number of carboxylic acid groups (broad SMARTS) is 1. The zero-order valence-electron chi connectivity index (χ0n) is 9.48. The van der Waals surface area contributed by atoms with Gasteiger partial charge in [0.15, 0.2) is 0 Å². The monoisotopic (exact) mass is 223 g/mol. The molecule has 1 aliphatic rings. The van der Waals surface area contributed by atoms with E-state index in [4.69, 9.17) is 5.11 Å². The van der Waals surface area contributed by atoms with Gasteiger partial charge in [0.05, 0.1) is 6.04 Å². The lowest BCUT2D eigenvalue weighted by Crippen LogP contribution is -2.24. The molecular formula is C12H17NO3. The van der Waals surface area contributed by atoms with Gasteiger partial charge in [0.1, 0.15) is 0 Å². The third kappa shape index (κ3) is 3.04. The molecule has 1 aliphatic carbocycles. The van der Waals surface area contributed by atoms with Crippen LogP contribution in [0, 0.1) is 11.8 Å². The summed E-state index contributed by atoms with van der Waals surface area (Å²) in [6, 6.07) is 0.0824. The second kappa shape index (κ2) is 5.61. The fraction of sp³-hybridized carbons (Fsp3) is 0.667. The van der Waals surface area contributed by atoms with E-state index in [1.54, 1.807) is 6.08 Å². The summed E-state index contributed by atoms with van der Waals surface area (Å²) in [5, 5.41) is 8.85. The fourth-order valence-corrected chi connectivity index (χ4v) is 2.28. The number of carbonyl (C=O) groups is 1. The number of aliphatic carboxylic acids is 1. The van der Waals surface area contributed by atoms with Crippen LogP contribution >= 0.6 is 0 Å². The number of carboxylic acids is 1. The number of hydrogen-bond acceptors (Lipinski definition) is 3. The summed E-state index contributed by atoms with van der Waals surface area (Å²) < 4.78 is 0. The lowest BCUT2D eigenvalue weighted by molar-refractivity contribution is -0.133. The first-order chi connectivity index (χ1) is 7.56. The van der Waals surface area contributed by atoms with Crippen molar-refractivity contribution in [2.75, 3.05) is 0 Å². The van der Waals surface area contributed by atoms with Crippen LogP contribution in [-0.4, -0.2) is 23.2 Å². The summed E-state index contributed by atoms with van der Waals surface area (Å²) in [7, 11) is 0. The van der Waals surface area contributed by atoms with Gasteiger partial charge in [-0.05, 0) is 37.5 Å². The number of rotatable bonds is 4. The predicted molar refractivity (Wildman–Crippen MR) is 59.8 cm³/mol. The Hall–Kier alpha value is -1.41. The molecule has 4 nitrogen and oxygen atoms in total. The molecule has 1 unspecified atom stereocenters. The van der Waals surface area contributed by atoms with E-state index in [9.17, 15) is 9.59 Å². The highest BCUT2D eigenvalue weighted by molar-refractivity contribution is 5.86. The Balaban J connectivity index is 2.50. The van der Waals surface area contributed by atoms with E-state index in [1.807, 2.05) is 6.92 Å². The van der Waals surface area contributed by atoms with Crippen molar-refractivity contribution in [2.45, 2.75) is 38.6 Å². The summed E-state index contributed by atoms with van der Waals surface area (Å²) in [5.41, 5.74) is 0.280.